The van der Waals surface area contributed by atoms with Crippen molar-refractivity contribution in [2.45, 2.75) is 58.4 Å². The number of hydrogen-bond donors (Lipinski definition) is 0. The van der Waals surface area contributed by atoms with Crippen LogP contribution in [0, 0.1) is 13.8 Å². The Labute approximate surface area is 150 Å². The summed E-state index contributed by atoms with van der Waals surface area (Å²) in [5.41, 5.74) is 5.95. The Kier molecular flexibility index (Phi) is 4.41. The lowest BCUT2D eigenvalue weighted by atomic mass is 10.0. The van der Waals surface area contributed by atoms with Crippen LogP contribution in [0.1, 0.15) is 65.5 Å². The van der Waals surface area contributed by atoms with E-state index in [1.54, 1.807) is 0 Å². The molecule has 0 bridgehead atoms. The van der Waals surface area contributed by atoms with E-state index in [0.29, 0.717) is 12.6 Å². The highest BCUT2D eigenvalue weighted by Gasteiger charge is 2.25. The van der Waals surface area contributed by atoms with Gasteiger partial charge in [0.25, 0.3) is 0 Å². The lowest BCUT2D eigenvalue weighted by molar-refractivity contribution is 0.0998. The van der Waals surface area contributed by atoms with Crippen molar-refractivity contribution in [2.75, 3.05) is 18.0 Å². The van der Waals surface area contributed by atoms with Gasteiger partial charge in [0.05, 0.1) is 6.54 Å². The van der Waals surface area contributed by atoms with Gasteiger partial charge in [-0.25, -0.2) is 0 Å². The van der Waals surface area contributed by atoms with E-state index in [4.69, 9.17) is 0 Å². The molecule has 1 aromatic carbocycles. The van der Waals surface area contributed by atoms with E-state index in [1.165, 1.54) is 48.3 Å². The highest BCUT2D eigenvalue weighted by molar-refractivity contribution is 6.00. The third kappa shape index (κ3) is 3.01. The predicted molar refractivity (Wildman–Crippen MR) is 103 cm³/mol. The van der Waals surface area contributed by atoms with Gasteiger partial charge in [-0.15, -0.1) is 0 Å². The maximum atomic E-state index is 13.1. The Hall–Kier alpha value is -2.03. The minimum absolute atomic E-state index is 0.258. The van der Waals surface area contributed by atoms with Crippen LogP contribution in [0.5, 0.6) is 0 Å². The Bertz CT molecular complexity index is 783. The Morgan fingerprint density at radius 3 is 2.68 bits per heavy atom. The maximum Gasteiger partial charge on any atom is 0.183 e. The number of carbonyl (C=O) groups is 1. The van der Waals surface area contributed by atoms with E-state index in [9.17, 15) is 4.79 Å². The number of aromatic nitrogens is 1. The molecule has 2 heterocycles. The molecule has 1 fully saturated rings. The lowest BCUT2D eigenvalue weighted by Gasteiger charge is -2.30. The van der Waals surface area contributed by atoms with Gasteiger partial charge in [-0.1, -0.05) is 31.0 Å². The molecule has 0 unspecified atom stereocenters. The molecule has 3 nitrogen and oxygen atoms in total. The molecule has 2 aromatic rings. The average Bonchev–Trinajstić information content (AvgIpc) is 3.23. The molecule has 3 heteroatoms. The molecule has 4 rings (SSSR count). The van der Waals surface area contributed by atoms with Gasteiger partial charge in [-0.3, -0.25) is 4.79 Å². The van der Waals surface area contributed by atoms with E-state index in [1.807, 2.05) is 0 Å². The van der Waals surface area contributed by atoms with Crippen molar-refractivity contribution in [1.82, 2.24) is 4.57 Å². The summed E-state index contributed by atoms with van der Waals surface area (Å²) in [6.07, 6.45) is 7.39. The summed E-state index contributed by atoms with van der Waals surface area (Å²) in [5.74, 6) is 0.258. The second kappa shape index (κ2) is 6.70. The van der Waals surface area contributed by atoms with Crippen molar-refractivity contribution in [2.24, 2.45) is 0 Å². The highest BCUT2D eigenvalue weighted by Crippen LogP contribution is 2.34. The van der Waals surface area contributed by atoms with Gasteiger partial charge in [0, 0.05) is 35.2 Å². The quantitative estimate of drug-likeness (QED) is 0.745. The zero-order valence-corrected chi connectivity index (χ0v) is 15.4. The van der Waals surface area contributed by atoms with Crippen LogP contribution in [0.15, 0.2) is 30.3 Å². The number of ketones is 1. The molecule has 2 aliphatic rings. The van der Waals surface area contributed by atoms with Gasteiger partial charge in [-0.05, 0) is 57.2 Å². The molecule has 0 radical (unpaired) electrons. The summed E-state index contributed by atoms with van der Waals surface area (Å²) in [6.45, 7) is 5.75. The largest absolute Gasteiger partial charge is 0.364 e. The lowest BCUT2D eigenvalue weighted by Crippen LogP contribution is -2.34. The number of fused-ring (bicyclic) bond motifs is 1. The van der Waals surface area contributed by atoms with Crippen molar-refractivity contribution < 1.29 is 4.79 Å². The summed E-state index contributed by atoms with van der Waals surface area (Å²) in [7, 11) is 0. The molecule has 0 amide bonds. The zero-order chi connectivity index (χ0) is 17.4. The average molecular weight is 336 g/mol. The van der Waals surface area contributed by atoms with Gasteiger partial charge in [0.2, 0.25) is 0 Å². The minimum atomic E-state index is 0.258. The zero-order valence-electron chi connectivity index (χ0n) is 15.4. The predicted octanol–water partition coefficient (Wildman–Crippen LogP) is 4.86. The van der Waals surface area contributed by atoms with Crippen molar-refractivity contribution in [3.8, 4) is 0 Å². The normalized spacial score (nSPS) is 17.8. The number of benzene rings is 1. The summed E-state index contributed by atoms with van der Waals surface area (Å²) >= 11 is 0. The third-order valence-corrected chi connectivity index (χ3v) is 6.02. The highest BCUT2D eigenvalue weighted by atomic mass is 16.1. The van der Waals surface area contributed by atoms with Crippen LogP contribution in [0.25, 0.3) is 0 Å². The van der Waals surface area contributed by atoms with Gasteiger partial charge >= 0.3 is 0 Å². The molecule has 1 aromatic heterocycles. The number of rotatable bonds is 4. The molecular weight excluding hydrogens is 308 g/mol. The van der Waals surface area contributed by atoms with Crippen molar-refractivity contribution >= 4 is 11.5 Å². The number of nitrogens with zero attached hydrogens (tertiary/aromatic N) is 2. The first-order valence-electron chi connectivity index (χ1n) is 9.69. The molecule has 0 spiro atoms. The fraction of sp³-hybridized carbons (Fsp3) is 0.500. The number of carbonyl (C=O) groups excluding carboxylic acids is 1. The molecule has 1 aliphatic carbocycles. The van der Waals surface area contributed by atoms with Crippen LogP contribution < -0.4 is 4.90 Å². The fourth-order valence-electron chi connectivity index (χ4n) is 4.82. The van der Waals surface area contributed by atoms with E-state index in [0.717, 1.165) is 24.9 Å². The van der Waals surface area contributed by atoms with Gasteiger partial charge < -0.3 is 9.47 Å². The number of Topliss-reactive ketones (excluding diaryl/α,β-unsaturated/α-hetero) is 1. The molecule has 0 N–H and O–H groups in total. The third-order valence-electron chi connectivity index (χ3n) is 6.02. The smallest absolute Gasteiger partial charge is 0.183 e. The van der Waals surface area contributed by atoms with Crippen LogP contribution in [0.4, 0.5) is 5.69 Å². The van der Waals surface area contributed by atoms with Gasteiger partial charge in [-0.2, -0.15) is 0 Å². The SMILES string of the molecule is Cc1cc(C(=O)CN2CCCc3ccccc32)c(C)n1C1CCCC1. The van der Waals surface area contributed by atoms with Crippen molar-refractivity contribution in [3.63, 3.8) is 0 Å². The first-order valence-corrected chi connectivity index (χ1v) is 9.69. The Morgan fingerprint density at radius 1 is 1.12 bits per heavy atom. The van der Waals surface area contributed by atoms with Crippen molar-refractivity contribution in [1.29, 1.82) is 0 Å². The standard InChI is InChI=1S/C22H28N2O/c1-16-14-20(17(2)24(16)19-10-4-5-11-19)22(25)15-23-13-7-9-18-8-3-6-12-21(18)23/h3,6,8,12,14,19H,4-5,7,9-11,13,15H2,1-2H3. The summed E-state index contributed by atoms with van der Waals surface area (Å²) < 4.78 is 2.42. The molecule has 132 valence electrons. The van der Waals surface area contributed by atoms with E-state index in [-0.39, 0.29) is 5.78 Å². The van der Waals surface area contributed by atoms with Crippen LogP contribution in [0.3, 0.4) is 0 Å². The second-order valence-electron chi connectivity index (χ2n) is 7.67. The van der Waals surface area contributed by atoms with Crippen LogP contribution in [-0.2, 0) is 6.42 Å². The molecule has 1 saturated carbocycles. The molecule has 0 saturated heterocycles. The summed E-state index contributed by atoms with van der Waals surface area (Å²) in [4.78, 5) is 15.3. The molecule has 25 heavy (non-hydrogen) atoms. The number of para-hydroxylation sites is 1. The molecular formula is C22H28N2O. The fourth-order valence-corrected chi connectivity index (χ4v) is 4.82. The summed E-state index contributed by atoms with van der Waals surface area (Å²) in [6, 6.07) is 11.2. The molecule has 0 atom stereocenters. The Balaban J connectivity index is 1.57. The van der Waals surface area contributed by atoms with E-state index in [2.05, 4.69) is 53.6 Å². The van der Waals surface area contributed by atoms with Gasteiger partial charge in [0.1, 0.15) is 0 Å². The number of aryl methyl sites for hydroxylation is 2. The second-order valence-corrected chi connectivity index (χ2v) is 7.67. The van der Waals surface area contributed by atoms with E-state index < -0.39 is 0 Å². The molecule has 1 aliphatic heterocycles. The topological polar surface area (TPSA) is 25.2 Å². The summed E-state index contributed by atoms with van der Waals surface area (Å²) in [5, 5.41) is 0. The van der Waals surface area contributed by atoms with Crippen molar-refractivity contribution in [3.05, 3.63) is 52.8 Å². The monoisotopic (exact) mass is 336 g/mol. The first kappa shape index (κ1) is 16.4. The minimum Gasteiger partial charge on any atom is -0.364 e. The number of hydrogen-bond acceptors (Lipinski definition) is 2. The Morgan fingerprint density at radius 2 is 1.88 bits per heavy atom. The maximum absolute atomic E-state index is 13.1. The van der Waals surface area contributed by atoms with Crippen LogP contribution in [-0.4, -0.2) is 23.4 Å². The van der Waals surface area contributed by atoms with Gasteiger partial charge in [0.15, 0.2) is 5.78 Å². The van der Waals surface area contributed by atoms with Crippen LogP contribution in [0.2, 0.25) is 0 Å². The number of anilines is 1. The first-order chi connectivity index (χ1) is 12.1. The van der Waals surface area contributed by atoms with E-state index >= 15 is 0 Å². The van der Waals surface area contributed by atoms with Crippen LogP contribution >= 0.6 is 0 Å².